The van der Waals surface area contributed by atoms with Gasteiger partial charge in [-0.25, -0.2) is 0 Å². The van der Waals surface area contributed by atoms with Gasteiger partial charge in [-0.15, -0.1) is 0 Å². The molecular weight excluding hydrogens is 276 g/mol. The van der Waals surface area contributed by atoms with E-state index in [0.29, 0.717) is 37.6 Å². The van der Waals surface area contributed by atoms with Crippen LogP contribution >= 0.6 is 0 Å². The highest BCUT2D eigenvalue weighted by molar-refractivity contribution is 5.95. The lowest BCUT2D eigenvalue weighted by atomic mass is 10.2. The van der Waals surface area contributed by atoms with Crippen LogP contribution in [0.25, 0.3) is 0 Å². The van der Waals surface area contributed by atoms with Crippen LogP contribution in [0.1, 0.15) is 16.1 Å². The summed E-state index contributed by atoms with van der Waals surface area (Å²) in [7, 11) is 1.59. The van der Waals surface area contributed by atoms with Crippen molar-refractivity contribution in [2.75, 3.05) is 40.0 Å². The van der Waals surface area contributed by atoms with Crippen LogP contribution in [0.15, 0.2) is 16.7 Å². The lowest BCUT2D eigenvalue weighted by molar-refractivity contribution is -0.149. The zero-order chi connectivity index (χ0) is 15.2. The quantitative estimate of drug-likeness (QED) is 0.810. The van der Waals surface area contributed by atoms with E-state index in [1.54, 1.807) is 25.0 Å². The number of aryl methyl sites for hydroxylation is 1. The first-order chi connectivity index (χ1) is 10.1. The van der Waals surface area contributed by atoms with E-state index in [0.717, 1.165) is 0 Å². The van der Waals surface area contributed by atoms with Crippen molar-refractivity contribution >= 4 is 11.8 Å². The van der Waals surface area contributed by atoms with Crippen LogP contribution in [0.3, 0.4) is 0 Å². The first-order valence-corrected chi connectivity index (χ1v) is 6.82. The van der Waals surface area contributed by atoms with Crippen LogP contribution in [0.2, 0.25) is 0 Å². The molecule has 1 N–H and O–H groups in total. The summed E-state index contributed by atoms with van der Waals surface area (Å²) >= 11 is 0. The van der Waals surface area contributed by atoms with E-state index in [1.165, 1.54) is 6.26 Å². The van der Waals surface area contributed by atoms with Crippen LogP contribution < -0.4 is 5.32 Å². The maximum Gasteiger partial charge on any atom is 0.254 e. The number of carbonyl (C=O) groups is 2. The first-order valence-electron chi connectivity index (χ1n) is 6.82. The normalized spacial score (nSPS) is 18.9. The highest BCUT2D eigenvalue weighted by atomic mass is 16.5. The van der Waals surface area contributed by atoms with Crippen molar-refractivity contribution in [3.05, 3.63) is 23.7 Å². The predicted octanol–water partition coefficient (Wildman–Crippen LogP) is 0.192. The van der Waals surface area contributed by atoms with Crippen molar-refractivity contribution in [1.29, 1.82) is 0 Å². The van der Waals surface area contributed by atoms with Crippen LogP contribution in [0.4, 0.5) is 0 Å². The third-order valence-electron chi connectivity index (χ3n) is 3.38. The average Bonchev–Trinajstić information content (AvgIpc) is 2.91. The van der Waals surface area contributed by atoms with Crippen LogP contribution in [0.5, 0.6) is 0 Å². The Bertz CT molecular complexity index is 499. The largest absolute Gasteiger partial charge is 0.469 e. The molecule has 1 saturated heterocycles. The van der Waals surface area contributed by atoms with E-state index in [-0.39, 0.29) is 24.5 Å². The number of hydrogen-bond acceptors (Lipinski definition) is 5. The number of rotatable bonds is 6. The van der Waals surface area contributed by atoms with Crippen LogP contribution in [-0.4, -0.2) is 62.8 Å². The molecular formula is C14H20N2O5. The van der Waals surface area contributed by atoms with Gasteiger partial charge < -0.3 is 24.1 Å². The lowest BCUT2D eigenvalue weighted by Crippen LogP contribution is -2.51. The highest BCUT2D eigenvalue weighted by Crippen LogP contribution is 2.09. The molecule has 1 aromatic rings. The zero-order valence-electron chi connectivity index (χ0n) is 12.3. The second-order valence-electron chi connectivity index (χ2n) is 4.87. The van der Waals surface area contributed by atoms with Crippen molar-refractivity contribution in [1.82, 2.24) is 10.2 Å². The van der Waals surface area contributed by atoms with Gasteiger partial charge in [0.15, 0.2) is 0 Å². The standard InChI is InChI=1S/C14H20N2O5/c1-10-12(3-5-20-10)14(18)15-7-11-8-16(4-6-19-2)13(17)9-21-11/h3,5,11H,4,6-9H2,1-2H3,(H,15,18). The van der Waals surface area contributed by atoms with Crippen molar-refractivity contribution in [2.24, 2.45) is 0 Å². The third kappa shape index (κ3) is 4.05. The van der Waals surface area contributed by atoms with Gasteiger partial charge in [-0.3, -0.25) is 9.59 Å². The molecule has 0 spiro atoms. The fraction of sp³-hybridized carbons (Fsp3) is 0.571. The van der Waals surface area contributed by atoms with Gasteiger partial charge in [0.1, 0.15) is 12.4 Å². The van der Waals surface area contributed by atoms with Gasteiger partial charge in [-0.1, -0.05) is 0 Å². The molecule has 0 bridgehead atoms. The number of furan rings is 1. The Morgan fingerprint density at radius 2 is 2.38 bits per heavy atom. The Morgan fingerprint density at radius 3 is 3.05 bits per heavy atom. The summed E-state index contributed by atoms with van der Waals surface area (Å²) in [5.74, 6) is 0.319. The van der Waals surface area contributed by atoms with E-state index < -0.39 is 0 Å². The summed E-state index contributed by atoms with van der Waals surface area (Å²) in [6.07, 6.45) is 1.27. The van der Waals surface area contributed by atoms with Gasteiger partial charge in [0.25, 0.3) is 5.91 Å². The number of ether oxygens (including phenoxy) is 2. The molecule has 0 radical (unpaired) electrons. The summed E-state index contributed by atoms with van der Waals surface area (Å²) in [4.78, 5) is 25.3. The van der Waals surface area contributed by atoms with Gasteiger partial charge in [-0.2, -0.15) is 0 Å². The summed E-state index contributed by atoms with van der Waals surface area (Å²) in [5.41, 5.74) is 0.512. The summed E-state index contributed by atoms with van der Waals surface area (Å²) in [6.45, 7) is 3.59. The number of carbonyl (C=O) groups excluding carboxylic acids is 2. The molecule has 2 rings (SSSR count). The molecule has 7 nitrogen and oxygen atoms in total. The van der Waals surface area contributed by atoms with Crippen molar-refractivity contribution in [3.8, 4) is 0 Å². The maximum absolute atomic E-state index is 12.0. The third-order valence-corrected chi connectivity index (χ3v) is 3.38. The Morgan fingerprint density at radius 1 is 1.57 bits per heavy atom. The second kappa shape index (κ2) is 7.24. The number of nitrogens with zero attached hydrogens (tertiary/aromatic N) is 1. The fourth-order valence-electron chi connectivity index (χ4n) is 2.14. The van der Waals surface area contributed by atoms with Crippen LogP contribution in [0, 0.1) is 6.92 Å². The molecule has 1 fully saturated rings. The number of morpholine rings is 1. The number of hydrogen-bond donors (Lipinski definition) is 1. The molecule has 21 heavy (non-hydrogen) atoms. The van der Waals surface area contributed by atoms with E-state index in [9.17, 15) is 9.59 Å². The molecule has 1 aromatic heterocycles. The molecule has 1 unspecified atom stereocenters. The van der Waals surface area contributed by atoms with E-state index in [2.05, 4.69) is 5.32 Å². The molecule has 7 heteroatoms. The molecule has 0 aromatic carbocycles. The molecule has 1 atom stereocenters. The molecule has 0 aliphatic carbocycles. The summed E-state index contributed by atoms with van der Waals surface area (Å²) < 4.78 is 15.5. The maximum atomic E-state index is 12.0. The molecule has 1 aliphatic rings. The number of amides is 2. The van der Waals surface area contributed by atoms with E-state index in [1.807, 2.05) is 0 Å². The fourth-order valence-corrected chi connectivity index (χ4v) is 2.14. The number of nitrogens with one attached hydrogen (secondary N) is 1. The van der Waals surface area contributed by atoms with Gasteiger partial charge >= 0.3 is 0 Å². The minimum absolute atomic E-state index is 0.0367. The molecule has 1 aliphatic heterocycles. The van der Waals surface area contributed by atoms with E-state index in [4.69, 9.17) is 13.9 Å². The second-order valence-corrected chi connectivity index (χ2v) is 4.87. The van der Waals surface area contributed by atoms with E-state index >= 15 is 0 Å². The SMILES string of the molecule is COCCN1CC(CNC(=O)c2ccoc2C)OCC1=O. The Balaban J connectivity index is 1.82. The molecule has 2 amide bonds. The minimum Gasteiger partial charge on any atom is -0.469 e. The van der Waals surface area contributed by atoms with Crippen molar-refractivity contribution in [3.63, 3.8) is 0 Å². The highest BCUT2D eigenvalue weighted by Gasteiger charge is 2.26. The molecule has 116 valence electrons. The minimum atomic E-state index is -0.212. The van der Waals surface area contributed by atoms with Gasteiger partial charge in [0.05, 0.1) is 24.5 Å². The van der Waals surface area contributed by atoms with Crippen molar-refractivity contribution in [2.45, 2.75) is 13.0 Å². The summed E-state index contributed by atoms with van der Waals surface area (Å²) in [6, 6.07) is 1.63. The zero-order valence-corrected chi connectivity index (χ0v) is 12.3. The lowest BCUT2D eigenvalue weighted by Gasteiger charge is -2.32. The molecule has 0 saturated carbocycles. The Labute approximate surface area is 123 Å². The van der Waals surface area contributed by atoms with Gasteiger partial charge in [0, 0.05) is 26.7 Å². The Kier molecular flexibility index (Phi) is 5.35. The Hall–Kier alpha value is -1.86. The van der Waals surface area contributed by atoms with Gasteiger partial charge in [-0.05, 0) is 13.0 Å². The topological polar surface area (TPSA) is 81.0 Å². The average molecular weight is 296 g/mol. The smallest absolute Gasteiger partial charge is 0.254 e. The first kappa shape index (κ1) is 15.5. The van der Waals surface area contributed by atoms with Crippen LogP contribution in [-0.2, 0) is 14.3 Å². The monoisotopic (exact) mass is 296 g/mol. The molecule has 2 heterocycles. The van der Waals surface area contributed by atoms with Crippen molar-refractivity contribution < 1.29 is 23.5 Å². The summed E-state index contributed by atoms with van der Waals surface area (Å²) in [5, 5.41) is 2.79. The van der Waals surface area contributed by atoms with Gasteiger partial charge in [0.2, 0.25) is 5.91 Å². The predicted molar refractivity (Wildman–Crippen MR) is 74.0 cm³/mol. The number of methoxy groups -OCH3 is 1.